The van der Waals surface area contributed by atoms with Crippen molar-refractivity contribution in [2.45, 2.75) is 78.7 Å². The number of amides is 3. The van der Waals surface area contributed by atoms with Gasteiger partial charge in [0.05, 0.1) is 0 Å². The molecule has 0 aromatic heterocycles. The Morgan fingerprint density at radius 3 is 2.44 bits per heavy atom. The normalized spacial score (nSPS) is 23.4. The topological polar surface area (TPSA) is 69.7 Å². The Hall–Kier alpha value is -1.59. The summed E-state index contributed by atoms with van der Waals surface area (Å²) in [4.78, 5) is 41.2. The summed E-state index contributed by atoms with van der Waals surface area (Å²) in [5, 5.41) is 2.99. The van der Waals surface area contributed by atoms with Crippen LogP contribution in [-0.4, -0.2) is 59.7 Å². The fourth-order valence-electron chi connectivity index (χ4n) is 4.09. The van der Waals surface area contributed by atoms with Crippen LogP contribution in [0, 0.1) is 11.3 Å². The first-order valence-electron chi connectivity index (χ1n) is 10.6. The molecule has 6 heteroatoms. The van der Waals surface area contributed by atoms with E-state index in [0.717, 1.165) is 38.6 Å². The highest BCUT2D eigenvalue weighted by atomic mass is 16.2. The molecule has 27 heavy (non-hydrogen) atoms. The van der Waals surface area contributed by atoms with Crippen LogP contribution in [0.25, 0.3) is 0 Å². The van der Waals surface area contributed by atoms with Crippen molar-refractivity contribution in [3.05, 3.63) is 0 Å². The van der Waals surface area contributed by atoms with Gasteiger partial charge in [0.15, 0.2) is 0 Å². The van der Waals surface area contributed by atoms with Crippen LogP contribution in [0.4, 0.5) is 0 Å². The smallest absolute Gasteiger partial charge is 0.245 e. The van der Waals surface area contributed by atoms with Crippen LogP contribution in [0.1, 0.15) is 72.6 Å². The number of likely N-dealkylation sites (tertiary alicyclic amines) is 2. The molecule has 1 N–H and O–H groups in total. The number of rotatable bonds is 6. The monoisotopic (exact) mass is 379 g/mol. The van der Waals surface area contributed by atoms with Crippen LogP contribution in [0.5, 0.6) is 0 Å². The molecule has 2 rings (SSSR count). The lowest BCUT2D eigenvalue weighted by molar-refractivity contribution is -0.145. The summed E-state index contributed by atoms with van der Waals surface area (Å²) in [5.74, 6) is 0.595. The quantitative estimate of drug-likeness (QED) is 0.771. The number of hydrogen-bond donors (Lipinski definition) is 1. The van der Waals surface area contributed by atoms with Gasteiger partial charge in [-0.15, -0.1) is 0 Å². The predicted octanol–water partition coefficient (Wildman–Crippen LogP) is 2.57. The number of nitrogens with zero attached hydrogens (tertiary/aromatic N) is 2. The summed E-state index contributed by atoms with van der Waals surface area (Å²) < 4.78 is 0. The molecule has 3 amide bonds. The molecule has 0 aromatic rings. The van der Waals surface area contributed by atoms with Crippen LogP contribution in [0.3, 0.4) is 0 Å². The maximum atomic E-state index is 13.1. The Morgan fingerprint density at radius 2 is 1.78 bits per heavy atom. The molecule has 0 radical (unpaired) electrons. The molecule has 154 valence electrons. The van der Waals surface area contributed by atoms with E-state index in [9.17, 15) is 14.4 Å². The van der Waals surface area contributed by atoms with Gasteiger partial charge >= 0.3 is 0 Å². The van der Waals surface area contributed by atoms with Gasteiger partial charge in [-0.25, -0.2) is 0 Å². The average molecular weight is 380 g/mol. The summed E-state index contributed by atoms with van der Waals surface area (Å²) in [6.45, 7) is 10.9. The Labute approximate surface area is 164 Å². The third-order valence-electron chi connectivity index (χ3n) is 5.44. The summed E-state index contributed by atoms with van der Waals surface area (Å²) in [6.07, 6.45) is 5.54. The van der Waals surface area contributed by atoms with E-state index in [1.165, 1.54) is 0 Å². The van der Waals surface area contributed by atoms with Crippen LogP contribution in [-0.2, 0) is 14.4 Å². The third kappa shape index (κ3) is 6.51. The van der Waals surface area contributed by atoms with E-state index in [-0.39, 0.29) is 29.2 Å². The molecule has 2 saturated heterocycles. The molecule has 2 atom stereocenters. The fourth-order valence-corrected chi connectivity index (χ4v) is 4.09. The SMILES string of the molecule is CCCC(=O)NCC1CCCN(C(=O)C2CCCN2C(=O)CC(C)(C)C)C1. The average Bonchev–Trinajstić information content (AvgIpc) is 3.08. The lowest BCUT2D eigenvalue weighted by Gasteiger charge is -2.36. The number of carbonyl (C=O) groups is 3. The van der Waals surface area contributed by atoms with Crippen molar-refractivity contribution < 1.29 is 14.4 Å². The van der Waals surface area contributed by atoms with Crippen molar-refractivity contribution >= 4 is 17.7 Å². The Morgan fingerprint density at radius 1 is 1.07 bits per heavy atom. The van der Waals surface area contributed by atoms with Crippen LogP contribution >= 0.6 is 0 Å². The zero-order valence-corrected chi connectivity index (χ0v) is 17.6. The largest absolute Gasteiger partial charge is 0.356 e. The maximum Gasteiger partial charge on any atom is 0.245 e. The van der Waals surface area contributed by atoms with E-state index in [0.29, 0.717) is 38.4 Å². The van der Waals surface area contributed by atoms with E-state index in [1.807, 2.05) is 11.8 Å². The first kappa shape index (κ1) is 21.7. The first-order valence-corrected chi connectivity index (χ1v) is 10.6. The molecule has 2 fully saturated rings. The Balaban J connectivity index is 1.91. The van der Waals surface area contributed by atoms with Crippen molar-refractivity contribution in [2.75, 3.05) is 26.2 Å². The molecule has 0 aromatic carbocycles. The highest BCUT2D eigenvalue weighted by Gasteiger charge is 2.38. The van der Waals surface area contributed by atoms with Crippen molar-refractivity contribution in [1.82, 2.24) is 15.1 Å². The van der Waals surface area contributed by atoms with Gasteiger partial charge in [-0.1, -0.05) is 27.7 Å². The molecule has 2 aliphatic rings. The van der Waals surface area contributed by atoms with Gasteiger partial charge in [-0.05, 0) is 43.4 Å². The van der Waals surface area contributed by atoms with Crippen molar-refractivity contribution in [2.24, 2.45) is 11.3 Å². The van der Waals surface area contributed by atoms with Crippen LogP contribution in [0.15, 0.2) is 0 Å². The molecular weight excluding hydrogens is 342 g/mol. The Kier molecular flexibility index (Phi) is 7.68. The van der Waals surface area contributed by atoms with Gasteiger partial charge in [0.1, 0.15) is 6.04 Å². The minimum absolute atomic E-state index is 0.0693. The summed E-state index contributed by atoms with van der Waals surface area (Å²) in [7, 11) is 0. The van der Waals surface area contributed by atoms with Crippen LogP contribution in [0.2, 0.25) is 0 Å². The Bertz CT molecular complexity index is 541. The number of hydrogen-bond acceptors (Lipinski definition) is 3. The lowest BCUT2D eigenvalue weighted by Crippen LogP contribution is -2.52. The lowest BCUT2D eigenvalue weighted by atomic mass is 9.91. The minimum atomic E-state index is -0.298. The van der Waals surface area contributed by atoms with Gasteiger partial charge in [-0.2, -0.15) is 0 Å². The molecule has 2 aliphatic heterocycles. The van der Waals surface area contributed by atoms with Gasteiger partial charge in [-0.3, -0.25) is 14.4 Å². The van der Waals surface area contributed by atoms with E-state index < -0.39 is 0 Å². The van der Waals surface area contributed by atoms with Gasteiger partial charge in [0, 0.05) is 39.0 Å². The van der Waals surface area contributed by atoms with E-state index in [1.54, 1.807) is 4.90 Å². The van der Waals surface area contributed by atoms with Gasteiger partial charge in [0.25, 0.3) is 0 Å². The molecular formula is C21H37N3O3. The highest BCUT2D eigenvalue weighted by Crippen LogP contribution is 2.27. The molecule has 0 spiro atoms. The fraction of sp³-hybridized carbons (Fsp3) is 0.857. The van der Waals surface area contributed by atoms with Crippen molar-refractivity contribution in [3.8, 4) is 0 Å². The highest BCUT2D eigenvalue weighted by molar-refractivity contribution is 5.88. The second kappa shape index (κ2) is 9.56. The summed E-state index contributed by atoms with van der Waals surface area (Å²) in [6, 6.07) is -0.298. The number of nitrogens with one attached hydrogen (secondary N) is 1. The zero-order chi connectivity index (χ0) is 20.0. The van der Waals surface area contributed by atoms with E-state index in [4.69, 9.17) is 0 Å². The van der Waals surface area contributed by atoms with Crippen molar-refractivity contribution in [3.63, 3.8) is 0 Å². The number of carbonyl (C=O) groups excluding carboxylic acids is 3. The van der Waals surface area contributed by atoms with E-state index >= 15 is 0 Å². The van der Waals surface area contributed by atoms with Gasteiger partial charge in [0.2, 0.25) is 17.7 Å². The second-order valence-corrected chi connectivity index (χ2v) is 9.33. The van der Waals surface area contributed by atoms with Crippen molar-refractivity contribution in [1.29, 1.82) is 0 Å². The van der Waals surface area contributed by atoms with Crippen LogP contribution < -0.4 is 5.32 Å². The standard InChI is InChI=1S/C21H37N3O3/c1-5-8-18(25)22-14-16-9-6-11-23(15-16)20(27)17-10-7-12-24(17)19(26)13-21(2,3)4/h16-17H,5-15H2,1-4H3,(H,22,25). The van der Waals surface area contributed by atoms with Gasteiger partial charge < -0.3 is 15.1 Å². The molecule has 0 bridgehead atoms. The summed E-state index contributed by atoms with van der Waals surface area (Å²) >= 11 is 0. The second-order valence-electron chi connectivity index (χ2n) is 9.33. The molecule has 0 saturated carbocycles. The molecule has 2 unspecified atom stereocenters. The first-order chi connectivity index (χ1) is 12.7. The minimum Gasteiger partial charge on any atom is -0.356 e. The zero-order valence-electron chi connectivity index (χ0n) is 17.6. The third-order valence-corrected chi connectivity index (χ3v) is 5.44. The molecule has 0 aliphatic carbocycles. The molecule has 6 nitrogen and oxygen atoms in total. The van der Waals surface area contributed by atoms with E-state index in [2.05, 4.69) is 26.1 Å². The number of piperidine rings is 1. The predicted molar refractivity (Wildman–Crippen MR) is 106 cm³/mol. The molecule has 2 heterocycles. The summed E-state index contributed by atoms with van der Waals surface area (Å²) in [5.41, 5.74) is -0.0693. The maximum absolute atomic E-state index is 13.1.